The van der Waals surface area contributed by atoms with Crippen molar-refractivity contribution in [3.05, 3.63) is 70.0 Å². The van der Waals surface area contributed by atoms with E-state index in [0.29, 0.717) is 12.7 Å². The van der Waals surface area contributed by atoms with E-state index in [-0.39, 0.29) is 11.4 Å². The largest absolute Gasteiger partial charge is 0.395 e. The number of aldehydes is 1. The topological polar surface area (TPSA) is 79.3 Å². The zero-order chi connectivity index (χ0) is 15.2. The predicted molar refractivity (Wildman–Crippen MR) is 85.7 cm³/mol. The zero-order valence-corrected chi connectivity index (χ0v) is 12.8. The Morgan fingerprint density at radius 1 is 1.10 bits per heavy atom. The van der Waals surface area contributed by atoms with E-state index in [1.165, 1.54) is 0 Å². The Kier molecular flexibility index (Phi) is 5.00. The van der Waals surface area contributed by atoms with Gasteiger partial charge in [-0.25, -0.2) is 5.53 Å². The van der Waals surface area contributed by atoms with Crippen LogP contribution in [0.1, 0.15) is 5.56 Å². The van der Waals surface area contributed by atoms with Gasteiger partial charge in [-0.05, 0) is 28.8 Å². The van der Waals surface area contributed by atoms with E-state index in [1.807, 2.05) is 48.5 Å². The lowest BCUT2D eigenvalue weighted by Gasteiger charge is -2.05. The fourth-order valence-corrected chi connectivity index (χ4v) is 2.19. The molecule has 0 atom stereocenters. The molecule has 0 radical (unpaired) electrons. The Morgan fingerprint density at radius 3 is 2.10 bits per heavy atom. The second kappa shape index (κ2) is 6.95. The normalized spacial score (nSPS) is 11.7. The summed E-state index contributed by atoms with van der Waals surface area (Å²) in [7, 11) is 0. The van der Waals surface area contributed by atoms with Crippen LogP contribution >= 0.6 is 15.9 Å². The molecule has 2 aromatic rings. The van der Waals surface area contributed by atoms with Crippen LogP contribution in [0.2, 0.25) is 0 Å². The van der Waals surface area contributed by atoms with Crippen molar-refractivity contribution in [2.24, 2.45) is 10.8 Å². The molecule has 0 heterocycles. The van der Waals surface area contributed by atoms with Crippen molar-refractivity contribution in [1.82, 2.24) is 0 Å². The van der Waals surface area contributed by atoms with Gasteiger partial charge in [0.15, 0.2) is 6.29 Å². The first-order valence-corrected chi connectivity index (χ1v) is 7.09. The monoisotopic (exact) mass is 343 g/mol. The number of rotatable bonds is 5. The molecule has 2 rings (SSSR count). The van der Waals surface area contributed by atoms with Gasteiger partial charge in [0.2, 0.25) is 0 Å². The smallest absolute Gasteiger partial charge is 0.167 e. The van der Waals surface area contributed by atoms with Gasteiger partial charge in [-0.3, -0.25) is 4.79 Å². The number of hydrogen-bond acceptors (Lipinski definition) is 4. The average Bonchev–Trinajstić information content (AvgIpc) is 2.53. The third-order valence-corrected chi connectivity index (χ3v) is 3.63. The lowest BCUT2D eigenvalue weighted by Crippen LogP contribution is -2.04. The van der Waals surface area contributed by atoms with Crippen LogP contribution in [0.25, 0.3) is 11.1 Å². The minimum atomic E-state index is 0.00184. The maximum atomic E-state index is 10.6. The molecule has 5 heteroatoms. The molecule has 0 saturated heterocycles. The maximum absolute atomic E-state index is 10.6. The first-order valence-electron chi connectivity index (χ1n) is 6.30. The van der Waals surface area contributed by atoms with Crippen LogP contribution < -0.4 is 5.73 Å². The summed E-state index contributed by atoms with van der Waals surface area (Å²) in [5.41, 5.74) is 16.0. The van der Waals surface area contributed by atoms with Gasteiger partial charge < -0.3 is 5.73 Å². The number of nitrogens with two attached hydrogens (primary N) is 1. The SMILES string of the molecule is N=N/C(Cc1ccc(-c2ccc(Br)cc2)cc1)=C(\N)C=O. The molecule has 0 spiro atoms. The Morgan fingerprint density at radius 2 is 1.62 bits per heavy atom. The van der Waals surface area contributed by atoms with Gasteiger partial charge in [-0.15, -0.1) is 0 Å². The number of allylic oxidation sites excluding steroid dienone is 2. The first-order chi connectivity index (χ1) is 10.1. The second-order valence-electron chi connectivity index (χ2n) is 4.51. The standard InChI is InChI=1S/C16H14BrN3O/c17-14-7-5-13(6-8-14)12-3-1-11(2-4-12)9-16(20-19)15(18)10-21/h1-8,10,19H,9,18H2/b16-15-,20-19?. The Bertz CT molecular complexity index is 676. The first kappa shape index (κ1) is 15.1. The molecule has 0 unspecified atom stereocenters. The molecule has 0 saturated carbocycles. The highest BCUT2D eigenvalue weighted by atomic mass is 79.9. The molecule has 0 aliphatic carbocycles. The quantitative estimate of drug-likeness (QED) is 0.487. The fourth-order valence-electron chi connectivity index (χ4n) is 1.92. The summed E-state index contributed by atoms with van der Waals surface area (Å²) >= 11 is 3.41. The molecule has 4 nitrogen and oxygen atoms in total. The van der Waals surface area contributed by atoms with Crippen molar-refractivity contribution in [3.63, 3.8) is 0 Å². The lowest BCUT2D eigenvalue weighted by atomic mass is 10.0. The second-order valence-corrected chi connectivity index (χ2v) is 5.43. The van der Waals surface area contributed by atoms with Crippen molar-refractivity contribution in [2.75, 3.05) is 0 Å². The van der Waals surface area contributed by atoms with Crippen LogP contribution in [0.3, 0.4) is 0 Å². The summed E-state index contributed by atoms with van der Waals surface area (Å²) < 4.78 is 1.04. The molecular weight excluding hydrogens is 330 g/mol. The number of benzene rings is 2. The van der Waals surface area contributed by atoms with E-state index in [2.05, 4.69) is 21.0 Å². The summed E-state index contributed by atoms with van der Waals surface area (Å²) in [5, 5.41) is 3.31. The molecule has 2 aromatic carbocycles. The van der Waals surface area contributed by atoms with Crippen molar-refractivity contribution in [2.45, 2.75) is 6.42 Å². The highest BCUT2D eigenvalue weighted by Gasteiger charge is 2.04. The van der Waals surface area contributed by atoms with E-state index in [9.17, 15) is 4.79 Å². The lowest BCUT2D eigenvalue weighted by molar-refractivity contribution is -0.105. The third-order valence-electron chi connectivity index (χ3n) is 3.10. The van der Waals surface area contributed by atoms with Crippen LogP contribution in [0, 0.1) is 5.53 Å². The van der Waals surface area contributed by atoms with E-state index < -0.39 is 0 Å². The molecule has 0 aliphatic heterocycles. The van der Waals surface area contributed by atoms with Crippen LogP contribution in [0.5, 0.6) is 0 Å². The van der Waals surface area contributed by atoms with E-state index in [0.717, 1.165) is 21.2 Å². The summed E-state index contributed by atoms with van der Waals surface area (Å²) in [6.45, 7) is 0. The van der Waals surface area contributed by atoms with Gasteiger partial charge in [0.1, 0.15) is 0 Å². The zero-order valence-electron chi connectivity index (χ0n) is 11.2. The van der Waals surface area contributed by atoms with E-state index in [1.54, 1.807) is 0 Å². The van der Waals surface area contributed by atoms with Gasteiger partial charge in [-0.1, -0.05) is 52.3 Å². The minimum Gasteiger partial charge on any atom is -0.395 e. The van der Waals surface area contributed by atoms with Gasteiger partial charge in [0, 0.05) is 10.9 Å². The van der Waals surface area contributed by atoms with Crippen molar-refractivity contribution in [1.29, 1.82) is 5.53 Å². The van der Waals surface area contributed by atoms with Crippen molar-refractivity contribution >= 4 is 22.2 Å². The minimum absolute atomic E-state index is 0.00184. The highest BCUT2D eigenvalue weighted by Crippen LogP contribution is 2.23. The molecule has 0 amide bonds. The Balaban J connectivity index is 2.21. The molecule has 106 valence electrons. The van der Waals surface area contributed by atoms with Gasteiger partial charge in [0.05, 0.1) is 11.4 Å². The summed E-state index contributed by atoms with van der Waals surface area (Å²) in [4.78, 5) is 10.6. The van der Waals surface area contributed by atoms with Crippen LogP contribution in [0.4, 0.5) is 0 Å². The predicted octanol–water partition coefficient (Wildman–Crippen LogP) is 4.06. The van der Waals surface area contributed by atoms with Crippen molar-refractivity contribution in [3.8, 4) is 11.1 Å². The number of nitrogens with one attached hydrogen (secondary N) is 1. The molecule has 0 aliphatic rings. The van der Waals surface area contributed by atoms with Crippen LogP contribution in [-0.2, 0) is 11.2 Å². The van der Waals surface area contributed by atoms with E-state index >= 15 is 0 Å². The van der Waals surface area contributed by atoms with Gasteiger partial charge >= 0.3 is 0 Å². The third kappa shape index (κ3) is 3.86. The number of hydrogen-bond donors (Lipinski definition) is 2. The number of halogens is 1. The molecule has 0 aromatic heterocycles. The van der Waals surface area contributed by atoms with Crippen LogP contribution in [0.15, 0.2) is 69.5 Å². The van der Waals surface area contributed by atoms with Gasteiger partial charge in [0.25, 0.3) is 0 Å². The highest BCUT2D eigenvalue weighted by molar-refractivity contribution is 9.10. The van der Waals surface area contributed by atoms with Crippen molar-refractivity contribution < 1.29 is 4.79 Å². The number of carbonyl (C=O) groups is 1. The molecule has 3 N–H and O–H groups in total. The summed E-state index contributed by atoms with van der Waals surface area (Å²) in [6.07, 6.45) is 0.887. The maximum Gasteiger partial charge on any atom is 0.167 e. The number of nitrogens with zero attached hydrogens (tertiary/aromatic N) is 1. The Labute approximate surface area is 131 Å². The molecule has 0 fully saturated rings. The fraction of sp³-hybridized carbons (Fsp3) is 0.0625. The molecular formula is C16H14BrN3O. The number of carbonyl (C=O) groups excluding carboxylic acids is 1. The molecule has 0 bridgehead atoms. The van der Waals surface area contributed by atoms with E-state index in [4.69, 9.17) is 11.3 Å². The summed E-state index contributed by atoms with van der Waals surface area (Å²) in [6, 6.07) is 15.9. The summed E-state index contributed by atoms with van der Waals surface area (Å²) in [5.74, 6) is 0. The average molecular weight is 344 g/mol. The van der Waals surface area contributed by atoms with Crippen LogP contribution in [-0.4, -0.2) is 6.29 Å². The van der Waals surface area contributed by atoms with Gasteiger partial charge in [-0.2, -0.15) is 5.11 Å². The Hall–Kier alpha value is -2.27. The molecule has 21 heavy (non-hydrogen) atoms.